The van der Waals surface area contributed by atoms with Crippen LogP contribution in [0.4, 0.5) is 4.39 Å². The average molecular weight is 487 g/mol. The van der Waals surface area contributed by atoms with Gasteiger partial charge in [-0.25, -0.2) is 4.39 Å². The SMILES string of the molecule is CCCCCCCCNCc1c(Br)ccc(OC)c1OCc1c(F)cccc1Cl. The Labute approximate surface area is 187 Å². The van der Waals surface area contributed by atoms with E-state index in [2.05, 4.69) is 28.2 Å². The number of benzene rings is 2. The third-order valence-electron chi connectivity index (χ3n) is 4.82. The monoisotopic (exact) mass is 485 g/mol. The molecule has 1 N–H and O–H groups in total. The lowest BCUT2D eigenvalue weighted by molar-refractivity contribution is 0.276. The number of methoxy groups -OCH3 is 1. The van der Waals surface area contributed by atoms with E-state index in [9.17, 15) is 4.39 Å². The van der Waals surface area contributed by atoms with Gasteiger partial charge in [0, 0.05) is 22.1 Å². The number of unbranched alkanes of at least 4 members (excludes halogenated alkanes) is 5. The summed E-state index contributed by atoms with van der Waals surface area (Å²) in [5.74, 6) is 0.822. The molecule has 0 heterocycles. The summed E-state index contributed by atoms with van der Waals surface area (Å²) in [6, 6.07) is 8.39. The molecule has 0 radical (unpaired) electrons. The molecule has 0 aromatic heterocycles. The second kappa shape index (κ2) is 13.1. The molecule has 0 aliphatic heterocycles. The maximum absolute atomic E-state index is 14.1. The summed E-state index contributed by atoms with van der Waals surface area (Å²) in [5, 5.41) is 3.83. The van der Waals surface area contributed by atoms with Gasteiger partial charge in [0.15, 0.2) is 11.5 Å². The molecule has 0 saturated heterocycles. The van der Waals surface area contributed by atoms with Crippen molar-refractivity contribution >= 4 is 27.5 Å². The molecule has 0 atom stereocenters. The summed E-state index contributed by atoms with van der Waals surface area (Å²) in [6.45, 7) is 3.83. The topological polar surface area (TPSA) is 30.5 Å². The molecule has 2 rings (SSSR count). The molecule has 2 aromatic rings. The minimum Gasteiger partial charge on any atom is -0.493 e. The van der Waals surface area contributed by atoms with E-state index in [1.165, 1.54) is 38.2 Å². The van der Waals surface area contributed by atoms with Crippen LogP contribution in [0.3, 0.4) is 0 Å². The van der Waals surface area contributed by atoms with E-state index in [0.29, 0.717) is 28.6 Å². The maximum atomic E-state index is 14.1. The Bertz CT molecular complexity index is 753. The third-order valence-corrected chi connectivity index (χ3v) is 5.92. The van der Waals surface area contributed by atoms with Crippen LogP contribution in [-0.2, 0) is 13.2 Å². The van der Waals surface area contributed by atoms with Crippen LogP contribution < -0.4 is 14.8 Å². The number of nitrogens with one attached hydrogen (secondary N) is 1. The Morgan fingerprint density at radius 2 is 1.79 bits per heavy atom. The second-order valence-electron chi connectivity index (χ2n) is 6.99. The fourth-order valence-corrected chi connectivity index (χ4v) is 3.79. The number of halogens is 3. The van der Waals surface area contributed by atoms with Crippen LogP contribution in [0.2, 0.25) is 5.02 Å². The van der Waals surface area contributed by atoms with Gasteiger partial charge >= 0.3 is 0 Å². The van der Waals surface area contributed by atoms with E-state index >= 15 is 0 Å². The predicted octanol–water partition coefficient (Wildman–Crippen LogP) is 7.28. The maximum Gasteiger partial charge on any atom is 0.167 e. The molecule has 0 spiro atoms. The largest absolute Gasteiger partial charge is 0.493 e. The highest BCUT2D eigenvalue weighted by Gasteiger charge is 2.16. The average Bonchev–Trinajstić information content (AvgIpc) is 2.71. The van der Waals surface area contributed by atoms with Gasteiger partial charge in [-0.3, -0.25) is 0 Å². The lowest BCUT2D eigenvalue weighted by Crippen LogP contribution is -2.16. The normalized spacial score (nSPS) is 10.9. The van der Waals surface area contributed by atoms with Crippen molar-refractivity contribution in [2.24, 2.45) is 0 Å². The smallest absolute Gasteiger partial charge is 0.167 e. The fourth-order valence-electron chi connectivity index (χ4n) is 3.12. The zero-order valence-electron chi connectivity index (χ0n) is 17.2. The minimum absolute atomic E-state index is 0.0305. The molecule has 0 saturated carbocycles. The summed E-state index contributed by atoms with van der Waals surface area (Å²) in [7, 11) is 1.60. The van der Waals surface area contributed by atoms with Gasteiger partial charge in [-0.05, 0) is 37.2 Å². The lowest BCUT2D eigenvalue weighted by Gasteiger charge is -2.18. The molecule has 0 amide bonds. The highest BCUT2D eigenvalue weighted by atomic mass is 79.9. The summed E-state index contributed by atoms with van der Waals surface area (Å²) in [6.07, 6.45) is 7.57. The van der Waals surface area contributed by atoms with Gasteiger partial charge in [0.1, 0.15) is 12.4 Å². The molecule has 0 aliphatic carbocycles. The van der Waals surface area contributed by atoms with Crippen molar-refractivity contribution < 1.29 is 13.9 Å². The van der Waals surface area contributed by atoms with E-state index < -0.39 is 0 Å². The van der Waals surface area contributed by atoms with Gasteiger partial charge in [-0.15, -0.1) is 0 Å². The Kier molecular flexibility index (Phi) is 10.8. The standard InChI is InChI=1S/C23H30BrClFNO2/c1-3-4-5-6-7-8-14-27-15-17-19(24)12-13-22(28-2)23(17)29-16-18-20(25)10-9-11-21(18)26/h9-13,27H,3-8,14-16H2,1-2H3. The van der Waals surface area contributed by atoms with Crippen molar-refractivity contribution in [3.8, 4) is 11.5 Å². The molecule has 0 aliphatic rings. The molecule has 160 valence electrons. The molecule has 0 bridgehead atoms. The van der Waals surface area contributed by atoms with Crippen LogP contribution in [0.5, 0.6) is 11.5 Å². The first-order valence-electron chi connectivity index (χ1n) is 10.2. The molecule has 6 heteroatoms. The molecular weight excluding hydrogens is 457 g/mol. The van der Waals surface area contributed by atoms with Gasteiger partial charge in [-0.1, -0.05) is 72.6 Å². The van der Waals surface area contributed by atoms with Gasteiger partial charge < -0.3 is 14.8 Å². The quantitative estimate of drug-likeness (QED) is 0.302. The number of hydrogen-bond acceptors (Lipinski definition) is 3. The highest BCUT2D eigenvalue weighted by molar-refractivity contribution is 9.10. The van der Waals surface area contributed by atoms with Crippen LogP contribution in [0, 0.1) is 5.82 Å². The summed E-state index contributed by atoms with van der Waals surface area (Å²) < 4.78 is 26.5. The summed E-state index contributed by atoms with van der Waals surface area (Å²) >= 11 is 9.73. The van der Waals surface area contributed by atoms with Crippen LogP contribution in [0.15, 0.2) is 34.8 Å². The molecule has 3 nitrogen and oxygen atoms in total. The van der Waals surface area contributed by atoms with Gasteiger partial charge in [0.25, 0.3) is 0 Å². The summed E-state index contributed by atoms with van der Waals surface area (Å²) in [4.78, 5) is 0. The highest BCUT2D eigenvalue weighted by Crippen LogP contribution is 2.37. The van der Waals surface area contributed by atoms with Gasteiger partial charge in [0.2, 0.25) is 0 Å². The molecule has 0 unspecified atom stereocenters. The lowest BCUT2D eigenvalue weighted by atomic mass is 10.1. The van der Waals surface area contributed by atoms with Crippen LogP contribution >= 0.6 is 27.5 Å². The van der Waals surface area contributed by atoms with E-state index in [-0.39, 0.29) is 12.4 Å². The zero-order chi connectivity index (χ0) is 21.1. The Morgan fingerprint density at radius 3 is 2.52 bits per heavy atom. The van der Waals surface area contributed by atoms with Crippen LogP contribution in [0.25, 0.3) is 0 Å². The minimum atomic E-state index is -0.380. The van der Waals surface area contributed by atoms with Crippen molar-refractivity contribution in [3.05, 3.63) is 56.8 Å². The first kappa shape index (κ1) is 24.0. The third kappa shape index (κ3) is 7.47. The van der Waals surface area contributed by atoms with Crippen molar-refractivity contribution in [1.29, 1.82) is 0 Å². The molecular formula is C23H30BrClFNO2. The van der Waals surface area contributed by atoms with Gasteiger partial charge in [0.05, 0.1) is 12.1 Å². The van der Waals surface area contributed by atoms with Crippen molar-refractivity contribution in [2.45, 2.75) is 58.6 Å². The van der Waals surface area contributed by atoms with E-state index in [4.69, 9.17) is 21.1 Å². The Hall–Kier alpha value is -1.30. The van der Waals surface area contributed by atoms with Crippen LogP contribution in [-0.4, -0.2) is 13.7 Å². The Balaban J connectivity index is 2.00. The first-order chi connectivity index (χ1) is 14.1. The summed E-state index contributed by atoms with van der Waals surface area (Å²) in [5.41, 5.74) is 1.28. The number of rotatable bonds is 13. The van der Waals surface area contributed by atoms with Gasteiger partial charge in [-0.2, -0.15) is 0 Å². The van der Waals surface area contributed by atoms with E-state index in [1.54, 1.807) is 19.2 Å². The molecule has 0 fully saturated rings. The van der Waals surface area contributed by atoms with Crippen molar-refractivity contribution in [2.75, 3.05) is 13.7 Å². The molecule has 2 aromatic carbocycles. The van der Waals surface area contributed by atoms with Crippen molar-refractivity contribution in [3.63, 3.8) is 0 Å². The van der Waals surface area contributed by atoms with E-state index in [0.717, 1.165) is 23.0 Å². The number of ether oxygens (including phenoxy) is 2. The second-order valence-corrected chi connectivity index (χ2v) is 8.25. The van der Waals surface area contributed by atoms with Crippen LogP contribution in [0.1, 0.15) is 56.6 Å². The van der Waals surface area contributed by atoms with E-state index in [1.807, 2.05) is 12.1 Å². The van der Waals surface area contributed by atoms with Crippen molar-refractivity contribution in [1.82, 2.24) is 5.32 Å². The zero-order valence-corrected chi connectivity index (χ0v) is 19.5. The fraction of sp³-hybridized carbons (Fsp3) is 0.478. The first-order valence-corrected chi connectivity index (χ1v) is 11.4. The Morgan fingerprint density at radius 1 is 1.03 bits per heavy atom. The number of hydrogen-bond donors (Lipinski definition) is 1. The predicted molar refractivity (Wildman–Crippen MR) is 122 cm³/mol. The molecule has 29 heavy (non-hydrogen) atoms.